The molecule has 0 aliphatic carbocycles. The lowest BCUT2D eigenvalue weighted by Gasteiger charge is -2.13. The highest BCUT2D eigenvalue weighted by molar-refractivity contribution is 6.34. The van der Waals surface area contributed by atoms with Crippen molar-refractivity contribution < 1.29 is 9.59 Å². The molecule has 1 atom stereocenters. The van der Waals surface area contributed by atoms with Crippen LogP contribution in [0.5, 0.6) is 0 Å². The van der Waals surface area contributed by atoms with Gasteiger partial charge in [-0.2, -0.15) is 0 Å². The van der Waals surface area contributed by atoms with Crippen LogP contribution in [0, 0.1) is 0 Å². The molecule has 1 fully saturated rings. The Morgan fingerprint density at radius 3 is 2.67 bits per heavy atom. The smallest absolute Gasteiger partial charge is 0.311 e. The third kappa shape index (κ3) is 1.73. The fourth-order valence-electron chi connectivity index (χ4n) is 1.34. The average Bonchev–Trinajstić information content (AvgIpc) is 2.50. The van der Waals surface area contributed by atoms with Gasteiger partial charge in [0.25, 0.3) is 0 Å². The highest BCUT2D eigenvalue weighted by Crippen LogP contribution is 2.07. The number of carbonyl (C=O) groups excluding carboxylic acids is 2. The Bertz CT molecular complexity index is 205. The first-order valence-corrected chi connectivity index (χ1v) is 3.91. The summed E-state index contributed by atoms with van der Waals surface area (Å²) in [5, 5.41) is 3.04. The average molecular weight is 171 g/mol. The van der Waals surface area contributed by atoms with Crippen molar-refractivity contribution in [2.24, 2.45) is 5.73 Å². The molecule has 0 saturated carbocycles. The largest absolute Gasteiger partial charge is 0.361 e. The van der Waals surface area contributed by atoms with Crippen LogP contribution in [-0.4, -0.2) is 42.9 Å². The molecule has 68 valence electrons. The van der Waals surface area contributed by atoms with Crippen LogP contribution in [-0.2, 0) is 9.59 Å². The Balaban J connectivity index is 2.46. The maximum absolute atomic E-state index is 11.0. The van der Waals surface area contributed by atoms with Crippen LogP contribution in [0.4, 0.5) is 0 Å². The van der Waals surface area contributed by atoms with Gasteiger partial charge in [0.2, 0.25) is 0 Å². The van der Waals surface area contributed by atoms with Gasteiger partial charge in [0.05, 0.1) is 0 Å². The van der Waals surface area contributed by atoms with Crippen LogP contribution in [0.15, 0.2) is 0 Å². The van der Waals surface area contributed by atoms with Gasteiger partial charge < -0.3 is 16.0 Å². The molecule has 3 N–H and O–H groups in total. The number of primary amides is 1. The van der Waals surface area contributed by atoms with Crippen molar-refractivity contribution in [2.45, 2.75) is 12.5 Å². The van der Waals surface area contributed by atoms with Crippen LogP contribution in [0.25, 0.3) is 0 Å². The molecule has 0 spiro atoms. The summed E-state index contributed by atoms with van der Waals surface area (Å²) in [6, 6.07) is 0.299. The zero-order valence-electron chi connectivity index (χ0n) is 7.04. The molecule has 1 heterocycles. The molecule has 0 bridgehead atoms. The first-order valence-electron chi connectivity index (χ1n) is 3.91. The minimum Gasteiger partial charge on any atom is -0.361 e. The second-order valence-electron chi connectivity index (χ2n) is 2.89. The van der Waals surface area contributed by atoms with E-state index in [9.17, 15) is 9.59 Å². The molecule has 0 aromatic heterocycles. The quantitative estimate of drug-likeness (QED) is 0.461. The molecule has 0 aromatic carbocycles. The van der Waals surface area contributed by atoms with E-state index >= 15 is 0 Å². The van der Waals surface area contributed by atoms with E-state index in [1.54, 1.807) is 0 Å². The topological polar surface area (TPSA) is 75.4 Å². The first-order chi connectivity index (χ1) is 5.65. The number of amides is 2. The monoisotopic (exact) mass is 171 g/mol. The van der Waals surface area contributed by atoms with Gasteiger partial charge in [-0.15, -0.1) is 0 Å². The third-order valence-electron chi connectivity index (χ3n) is 2.09. The number of nitrogens with one attached hydrogen (secondary N) is 1. The molecule has 1 aliphatic heterocycles. The molecule has 1 saturated heterocycles. The summed E-state index contributed by atoms with van der Waals surface area (Å²) in [6.07, 6.45) is 0.884. The Hall–Kier alpha value is -1.10. The molecule has 12 heavy (non-hydrogen) atoms. The number of nitrogens with two attached hydrogens (primary N) is 1. The summed E-state index contributed by atoms with van der Waals surface area (Å²) in [5.74, 6) is -1.44. The summed E-state index contributed by atoms with van der Waals surface area (Å²) in [5.41, 5.74) is 4.85. The molecule has 0 aromatic rings. The van der Waals surface area contributed by atoms with Crippen LogP contribution >= 0.6 is 0 Å². The molecule has 0 unspecified atom stereocenters. The van der Waals surface area contributed by atoms with Crippen LogP contribution in [0.3, 0.4) is 0 Å². The summed E-state index contributed by atoms with van der Waals surface area (Å²) in [4.78, 5) is 23.0. The van der Waals surface area contributed by atoms with Gasteiger partial charge in [-0.3, -0.25) is 9.59 Å². The Kier molecular flexibility index (Phi) is 2.65. The predicted octanol–water partition coefficient (Wildman–Crippen LogP) is -1.71. The van der Waals surface area contributed by atoms with E-state index in [1.165, 1.54) is 4.90 Å². The number of carbonyl (C=O) groups is 2. The molecule has 1 aliphatic rings. The van der Waals surface area contributed by atoms with Crippen molar-refractivity contribution in [1.29, 1.82) is 0 Å². The van der Waals surface area contributed by atoms with Crippen molar-refractivity contribution in [2.75, 3.05) is 20.1 Å². The Morgan fingerprint density at radius 1 is 1.58 bits per heavy atom. The van der Waals surface area contributed by atoms with Crippen molar-refractivity contribution in [1.82, 2.24) is 10.2 Å². The highest BCUT2D eigenvalue weighted by atomic mass is 16.2. The number of likely N-dealkylation sites (tertiary alicyclic amines) is 1. The van der Waals surface area contributed by atoms with E-state index in [4.69, 9.17) is 5.73 Å². The standard InChI is InChI=1S/C7H13N3O2/c1-9-5-2-3-10(4-5)7(12)6(8)11/h5,9H,2-4H2,1H3,(H2,8,11)/t5-/m0/s1. The van der Waals surface area contributed by atoms with E-state index in [-0.39, 0.29) is 0 Å². The highest BCUT2D eigenvalue weighted by Gasteiger charge is 2.27. The number of nitrogens with zero attached hydrogens (tertiary/aromatic N) is 1. The van der Waals surface area contributed by atoms with E-state index in [2.05, 4.69) is 5.32 Å². The Labute approximate surface area is 70.9 Å². The molecule has 1 rings (SSSR count). The lowest BCUT2D eigenvalue weighted by Crippen LogP contribution is -2.40. The van der Waals surface area contributed by atoms with Gasteiger partial charge in [0.15, 0.2) is 0 Å². The van der Waals surface area contributed by atoms with Gasteiger partial charge in [-0.05, 0) is 13.5 Å². The zero-order chi connectivity index (χ0) is 9.14. The molecule has 2 amide bonds. The van der Waals surface area contributed by atoms with Gasteiger partial charge in [0.1, 0.15) is 0 Å². The number of hydrogen-bond donors (Lipinski definition) is 2. The second-order valence-corrected chi connectivity index (χ2v) is 2.89. The van der Waals surface area contributed by atoms with Crippen LogP contribution in [0.2, 0.25) is 0 Å². The van der Waals surface area contributed by atoms with Gasteiger partial charge in [-0.1, -0.05) is 0 Å². The lowest BCUT2D eigenvalue weighted by molar-refractivity contribution is -0.143. The minimum absolute atomic E-state index is 0.299. The third-order valence-corrected chi connectivity index (χ3v) is 2.09. The maximum atomic E-state index is 11.0. The summed E-state index contributed by atoms with van der Waals surface area (Å²) < 4.78 is 0. The summed E-state index contributed by atoms with van der Waals surface area (Å²) >= 11 is 0. The van der Waals surface area contributed by atoms with Crippen molar-refractivity contribution in [3.05, 3.63) is 0 Å². The number of rotatable bonds is 1. The fourth-order valence-corrected chi connectivity index (χ4v) is 1.34. The SMILES string of the molecule is CN[C@H]1CCN(C(=O)C(N)=O)C1. The van der Waals surface area contributed by atoms with Gasteiger partial charge in [0, 0.05) is 19.1 Å². The van der Waals surface area contributed by atoms with Crippen molar-refractivity contribution in [3.63, 3.8) is 0 Å². The molecule has 5 heteroatoms. The fraction of sp³-hybridized carbons (Fsp3) is 0.714. The number of likely N-dealkylation sites (N-methyl/N-ethyl adjacent to an activating group) is 1. The first kappa shape index (κ1) is 8.99. The van der Waals surface area contributed by atoms with E-state index in [0.29, 0.717) is 19.1 Å². The molecular weight excluding hydrogens is 158 g/mol. The summed E-state index contributed by atoms with van der Waals surface area (Å²) in [6.45, 7) is 1.20. The maximum Gasteiger partial charge on any atom is 0.311 e. The normalized spacial score (nSPS) is 22.8. The van der Waals surface area contributed by atoms with E-state index < -0.39 is 11.8 Å². The minimum atomic E-state index is -0.869. The van der Waals surface area contributed by atoms with Crippen LogP contribution < -0.4 is 11.1 Å². The van der Waals surface area contributed by atoms with E-state index in [1.807, 2.05) is 7.05 Å². The zero-order valence-corrected chi connectivity index (χ0v) is 7.04. The number of hydrogen-bond acceptors (Lipinski definition) is 3. The van der Waals surface area contributed by atoms with Gasteiger partial charge >= 0.3 is 11.8 Å². The second kappa shape index (κ2) is 3.53. The van der Waals surface area contributed by atoms with Crippen molar-refractivity contribution >= 4 is 11.8 Å². The molecule has 0 radical (unpaired) electrons. The van der Waals surface area contributed by atoms with Crippen LogP contribution in [0.1, 0.15) is 6.42 Å². The molecule has 5 nitrogen and oxygen atoms in total. The Morgan fingerprint density at radius 2 is 2.25 bits per heavy atom. The summed E-state index contributed by atoms with van der Waals surface area (Å²) in [7, 11) is 1.84. The lowest BCUT2D eigenvalue weighted by atomic mass is 10.3. The van der Waals surface area contributed by atoms with E-state index in [0.717, 1.165) is 6.42 Å². The van der Waals surface area contributed by atoms with Gasteiger partial charge in [-0.25, -0.2) is 0 Å². The van der Waals surface area contributed by atoms with Crippen molar-refractivity contribution in [3.8, 4) is 0 Å². The predicted molar refractivity (Wildman–Crippen MR) is 43.2 cm³/mol. The molecular formula is C7H13N3O2.